The minimum atomic E-state index is -2.90. The molecule has 1 unspecified atom stereocenters. The van der Waals surface area contributed by atoms with Crippen LogP contribution in [0.15, 0.2) is 10.9 Å². The Labute approximate surface area is 104 Å². The second kappa shape index (κ2) is 4.78. The first-order valence-corrected chi connectivity index (χ1v) is 7.61. The number of aromatic amines is 1. The highest BCUT2D eigenvalue weighted by atomic mass is 35.5. The molecule has 1 N–H and O–H groups in total. The van der Waals surface area contributed by atoms with Crippen LogP contribution in [0.4, 0.5) is 0 Å². The topological polar surface area (TPSA) is 79.9 Å². The van der Waals surface area contributed by atoms with E-state index in [0.717, 1.165) is 6.42 Å². The van der Waals surface area contributed by atoms with Gasteiger partial charge in [-0.1, -0.05) is 11.6 Å². The fraction of sp³-hybridized carbons (Fsp3) is 0.600. The minimum Gasteiger partial charge on any atom is -0.266 e. The number of nitrogens with zero attached hydrogens (tertiary/aromatic N) is 1. The van der Waals surface area contributed by atoms with Crippen molar-refractivity contribution >= 4 is 21.4 Å². The summed E-state index contributed by atoms with van der Waals surface area (Å²) < 4.78 is 22.9. The molecule has 0 amide bonds. The smallest absolute Gasteiger partial charge is 0.266 e. The summed E-state index contributed by atoms with van der Waals surface area (Å²) in [5, 5.41) is 6.25. The number of H-pyrrole nitrogens is 1. The molecule has 7 heteroatoms. The van der Waals surface area contributed by atoms with Crippen LogP contribution in [0.1, 0.15) is 18.5 Å². The van der Waals surface area contributed by atoms with Crippen LogP contribution < -0.4 is 5.56 Å². The van der Waals surface area contributed by atoms with Crippen LogP contribution in [0, 0.1) is 5.92 Å². The van der Waals surface area contributed by atoms with E-state index < -0.39 is 15.4 Å². The molecule has 1 aliphatic rings. The number of halogens is 1. The number of hydrogen-bond donors (Lipinski definition) is 1. The van der Waals surface area contributed by atoms with E-state index in [0.29, 0.717) is 18.5 Å². The number of hydrogen-bond acceptors (Lipinski definition) is 4. The highest BCUT2D eigenvalue weighted by Gasteiger charge is 2.25. The van der Waals surface area contributed by atoms with Gasteiger partial charge in [-0.3, -0.25) is 4.79 Å². The number of rotatable bonds is 2. The molecule has 1 aromatic rings. The molecule has 0 aromatic carbocycles. The van der Waals surface area contributed by atoms with Crippen molar-refractivity contribution in [1.82, 2.24) is 10.2 Å². The maximum atomic E-state index is 11.5. The third-order valence-corrected chi connectivity index (χ3v) is 5.04. The van der Waals surface area contributed by atoms with E-state index >= 15 is 0 Å². The summed E-state index contributed by atoms with van der Waals surface area (Å²) in [6.45, 7) is 0. The van der Waals surface area contributed by atoms with Crippen molar-refractivity contribution in [3.05, 3.63) is 27.1 Å². The molecule has 94 valence electrons. The Bertz CT molecular complexity index is 567. The predicted octanol–water partition coefficient (Wildman–Crippen LogP) is 0.791. The lowest BCUT2D eigenvalue weighted by Gasteiger charge is -2.21. The molecule has 1 fully saturated rings. The molecule has 1 atom stereocenters. The van der Waals surface area contributed by atoms with E-state index in [1.165, 1.54) is 6.07 Å². The molecule has 1 aliphatic heterocycles. The second-order valence-corrected chi connectivity index (χ2v) is 7.00. The van der Waals surface area contributed by atoms with Crippen molar-refractivity contribution in [2.75, 3.05) is 11.5 Å². The Kier molecular flexibility index (Phi) is 3.53. The van der Waals surface area contributed by atoms with Crippen molar-refractivity contribution in [3.8, 4) is 0 Å². The Morgan fingerprint density at radius 1 is 1.53 bits per heavy atom. The fourth-order valence-corrected chi connectivity index (χ4v) is 4.04. The van der Waals surface area contributed by atoms with Gasteiger partial charge in [0, 0.05) is 0 Å². The first-order valence-electron chi connectivity index (χ1n) is 5.41. The van der Waals surface area contributed by atoms with Gasteiger partial charge in [-0.2, -0.15) is 5.10 Å². The Balaban J connectivity index is 2.10. The van der Waals surface area contributed by atoms with Crippen LogP contribution in [0.5, 0.6) is 0 Å². The summed E-state index contributed by atoms with van der Waals surface area (Å²) in [5.41, 5.74) is 0.211. The summed E-state index contributed by atoms with van der Waals surface area (Å²) in [6.07, 6.45) is 2.11. The van der Waals surface area contributed by atoms with Crippen LogP contribution in [0.25, 0.3) is 0 Å². The Morgan fingerprint density at radius 3 is 2.94 bits per heavy atom. The molecule has 0 radical (unpaired) electrons. The summed E-state index contributed by atoms with van der Waals surface area (Å²) in [7, 11) is -2.90. The standard InChI is InChI=1S/C10H13ClN2O3S/c11-9-5-8(12-13-10(9)14)4-7-2-1-3-17(15,16)6-7/h5,7H,1-4,6H2,(H,13,14). The predicted molar refractivity (Wildman–Crippen MR) is 64.9 cm³/mol. The van der Waals surface area contributed by atoms with Crippen LogP contribution in [-0.2, 0) is 16.3 Å². The summed E-state index contributed by atoms with van der Waals surface area (Å²) >= 11 is 5.69. The lowest BCUT2D eigenvalue weighted by atomic mass is 9.99. The van der Waals surface area contributed by atoms with E-state index in [2.05, 4.69) is 10.2 Å². The maximum absolute atomic E-state index is 11.5. The zero-order chi connectivity index (χ0) is 12.5. The highest BCUT2D eigenvalue weighted by Crippen LogP contribution is 2.21. The quantitative estimate of drug-likeness (QED) is 0.866. The van der Waals surface area contributed by atoms with Gasteiger partial charge in [-0.15, -0.1) is 0 Å². The minimum absolute atomic E-state index is 0.0724. The largest absolute Gasteiger partial charge is 0.282 e. The molecule has 2 rings (SSSR count). The first-order chi connectivity index (χ1) is 7.96. The van der Waals surface area contributed by atoms with Gasteiger partial charge in [0.2, 0.25) is 0 Å². The summed E-state index contributed by atoms with van der Waals surface area (Å²) in [5.74, 6) is 0.553. The van der Waals surface area contributed by atoms with E-state index in [9.17, 15) is 13.2 Å². The van der Waals surface area contributed by atoms with Crippen molar-refractivity contribution in [3.63, 3.8) is 0 Å². The fourth-order valence-electron chi connectivity index (χ4n) is 2.10. The molecule has 0 spiro atoms. The summed E-state index contributed by atoms with van der Waals surface area (Å²) in [4.78, 5) is 11.0. The van der Waals surface area contributed by atoms with Crippen LogP contribution in [-0.4, -0.2) is 30.1 Å². The van der Waals surface area contributed by atoms with Gasteiger partial charge >= 0.3 is 0 Å². The molecule has 0 saturated carbocycles. The number of sulfone groups is 1. The second-order valence-electron chi connectivity index (χ2n) is 4.36. The molecule has 2 heterocycles. The molecule has 1 aromatic heterocycles. The molecule has 0 aliphatic carbocycles. The van der Waals surface area contributed by atoms with Crippen LogP contribution in [0.3, 0.4) is 0 Å². The molecule has 1 saturated heterocycles. The molecular formula is C10H13ClN2O3S. The van der Waals surface area contributed by atoms with E-state index in [4.69, 9.17) is 11.6 Å². The average Bonchev–Trinajstić information content (AvgIpc) is 2.22. The van der Waals surface area contributed by atoms with Gasteiger partial charge in [0.25, 0.3) is 5.56 Å². The zero-order valence-electron chi connectivity index (χ0n) is 9.15. The average molecular weight is 277 g/mol. The van der Waals surface area contributed by atoms with Crippen LogP contribution >= 0.6 is 11.6 Å². The highest BCUT2D eigenvalue weighted by molar-refractivity contribution is 7.91. The monoisotopic (exact) mass is 276 g/mol. The lowest BCUT2D eigenvalue weighted by Crippen LogP contribution is -2.27. The molecular weight excluding hydrogens is 264 g/mol. The summed E-state index contributed by atoms with van der Waals surface area (Å²) in [6, 6.07) is 1.50. The van der Waals surface area contributed by atoms with E-state index in [1.54, 1.807) is 0 Å². The van der Waals surface area contributed by atoms with Crippen molar-refractivity contribution in [2.45, 2.75) is 19.3 Å². The first kappa shape index (κ1) is 12.6. The lowest BCUT2D eigenvalue weighted by molar-refractivity contribution is 0.478. The zero-order valence-corrected chi connectivity index (χ0v) is 10.7. The maximum Gasteiger partial charge on any atom is 0.282 e. The Morgan fingerprint density at radius 2 is 2.29 bits per heavy atom. The van der Waals surface area contributed by atoms with Gasteiger partial charge in [0.05, 0.1) is 17.2 Å². The molecule has 17 heavy (non-hydrogen) atoms. The number of aromatic nitrogens is 2. The van der Waals surface area contributed by atoms with Crippen molar-refractivity contribution in [1.29, 1.82) is 0 Å². The normalized spacial score (nSPS) is 23.5. The van der Waals surface area contributed by atoms with Gasteiger partial charge in [-0.25, -0.2) is 13.5 Å². The molecule has 0 bridgehead atoms. The van der Waals surface area contributed by atoms with Crippen LogP contribution in [0.2, 0.25) is 5.02 Å². The number of nitrogens with one attached hydrogen (secondary N) is 1. The van der Waals surface area contributed by atoms with E-state index in [-0.39, 0.29) is 22.4 Å². The molecule has 5 nitrogen and oxygen atoms in total. The third-order valence-electron chi connectivity index (χ3n) is 2.87. The van der Waals surface area contributed by atoms with Crippen molar-refractivity contribution < 1.29 is 8.42 Å². The van der Waals surface area contributed by atoms with Gasteiger partial charge in [0.1, 0.15) is 5.02 Å². The van der Waals surface area contributed by atoms with Crippen molar-refractivity contribution in [2.24, 2.45) is 5.92 Å². The van der Waals surface area contributed by atoms with Gasteiger partial charge < -0.3 is 0 Å². The van der Waals surface area contributed by atoms with Gasteiger partial charge in [0.15, 0.2) is 9.84 Å². The van der Waals surface area contributed by atoms with E-state index in [1.807, 2.05) is 0 Å². The van der Waals surface area contributed by atoms with Gasteiger partial charge in [-0.05, 0) is 31.2 Å². The third kappa shape index (κ3) is 3.29. The Hall–Kier alpha value is -0.880. The SMILES string of the molecule is O=c1[nH]nc(CC2CCCS(=O)(=O)C2)cc1Cl.